The maximum Gasteiger partial charge on any atom is 0.366 e. The lowest BCUT2D eigenvalue weighted by Crippen LogP contribution is -2.01. The number of nitro groups is 1. The number of hydrogen-bond acceptors (Lipinski definition) is 6. The number of thiazole rings is 1. The van der Waals surface area contributed by atoms with Crippen LogP contribution in [0.5, 0.6) is 0 Å². The van der Waals surface area contributed by atoms with Crippen LogP contribution >= 0.6 is 11.3 Å². The first-order chi connectivity index (χ1) is 7.66. The molecule has 0 radical (unpaired) electrons. The first-order valence-electron chi connectivity index (χ1n) is 4.49. The molecule has 0 amide bonds. The van der Waals surface area contributed by atoms with E-state index in [0.29, 0.717) is 12.2 Å². The molecule has 84 valence electrons. The van der Waals surface area contributed by atoms with E-state index in [1.54, 1.807) is 0 Å². The van der Waals surface area contributed by atoms with Gasteiger partial charge in [-0.15, -0.1) is 16.4 Å². The third-order valence-corrected chi connectivity index (χ3v) is 2.87. The van der Waals surface area contributed by atoms with Gasteiger partial charge in [-0.2, -0.15) is 0 Å². The summed E-state index contributed by atoms with van der Waals surface area (Å²) >= 11 is 1.51. The van der Waals surface area contributed by atoms with Crippen molar-refractivity contribution in [2.75, 3.05) is 5.32 Å². The second-order valence-corrected chi connectivity index (χ2v) is 4.07. The van der Waals surface area contributed by atoms with E-state index in [0.717, 1.165) is 10.7 Å². The highest BCUT2D eigenvalue weighted by molar-refractivity contribution is 7.09. The highest BCUT2D eigenvalue weighted by Crippen LogP contribution is 2.21. The molecule has 2 heterocycles. The van der Waals surface area contributed by atoms with Crippen LogP contribution in [0, 0.1) is 17.0 Å². The van der Waals surface area contributed by atoms with Crippen molar-refractivity contribution in [3.8, 4) is 0 Å². The summed E-state index contributed by atoms with van der Waals surface area (Å²) < 4.78 is 0. The van der Waals surface area contributed by atoms with Crippen molar-refractivity contribution >= 4 is 22.8 Å². The highest BCUT2D eigenvalue weighted by atomic mass is 32.1. The average molecular weight is 239 g/mol. The lowest BCUT2D eigenvalue weighted by atomic mass is 10.5. The first kappa shape index (κ1) is 10.6. The van der Waals surface area contributed by atoms with Crippen LogP contribution in [0.15, 0.2) is 11.6 Å². The van der Waals surface area contributed by atoms with Crippen LogP contribution < -0.4 is 5.32 Å². The molecule has 0 aliphatic carbocycles. The highest BCUT2D eigenvalue weighted by Gasteiger charge is 2.14. The van der Waals surface area contributed by atoms with Crippen LogP contribution in [0.25, 0.3) is 0 Å². The smallest absolute Gasteiger partial charge is 0.366 e. The van der Waals surface area contributed by atoms with Crippen molar-refractivity contribution in [1.82, 2.24) is 15.2 Å². The van der Waals surface area contributed by atoms with Gasteiger partial charge in [-0.25, -0.2) is 4.98 Å². The molecular weight excluding hydrogens is 230 g/mol. The lowest BCUT2D eigenvalue weighted by Gasteiger charge is -2.00. The monoisotopic (exact) mass is 239 g/mol. The molecule has 0 saturated heterocycles. The van der Waals surface area contributed by atoms with Gasteiger partial charge in [0.05, 0.1) is 6.54 Å². The largest absolute Gasteiger partial charge is 0.370 e. The summed E-state index contributed by atoms with van der Waals surface area (Å²) in [6, 6.07) is 0. The summed E-state index contributed by atoms with van der Waals surface area (Å²) in [5.41, 5.74) is 1.32. The Labute approximate surface area is 94.7 Å². The molecule has 0 aliphatic heterocycles. The summed E-state index contributed by atoms with van der Waals surface area (Å²) in [5, 5.41) is 22.2. The van der Waals surface area contributed by atoms with E-state index in [1.165, 1.54) is 17.5 Å². The zero-order chi connectivity index (χ0) is 11.5. The SMILES string of the molecule is Cc1csc(CNc2cn[nH]c2[N+](=O)[O-])n1. The van der Waals surface area contributed by atoms with Crippen molar-refractivity contribution in [2.45, 2.75) is 13.5 Å². The van der Waals surface area contributed by atoms with Crippen molar-refractivity contribution in [3.63, 3.8) is 0 Å². The first-order valence-corrected chi connectivity index (χ1v) is 5.37. The van der Waals surface area contributed by atoms with E-state index in [9.17, 15) is 10.1 Å². The quantitative estimate of drug-likeness (QED) is 0.625. The topological polar surface area (TPSA) is 96.7 Å². The molecule has 8 heteroatoms. The Bertz CT molecular complexity index is 506. The van der Waals surface area contributed by atoms with Gasteiger partial charge >= 0.3 is 5.82 Å². The second kappa shape index (κ2) is 4.27. The number of rotatable bonds is 4. The maximum absolute atomic E-state index is 10.6. The van der Waals surface area contributed by atoms with Crippen molar-refractivity contribution in [2.24, 2.45) is 0 Å². The molecule has 0 saturated carbocycles. The third kappa shape index (κ3) is 2.16. The molecule has 7 nitrogen and oxygen atoms in total. The van der Waals surface area contributed by atoms with Gasteiger partial charge in [-0.3, -0.25) is 0 Å². The molecule has 0 unspecified atom stereocenters. The Morgan fingerprint density at radius 2 is 2.50 bits per heavy atom. The fraction of sp³-hybridized carbons (Fsp3) is 0.250. The zero-order valence-electron chi connectivity index (χ0n) is 8.43. The number of aromatic amines is 1. The zero-order valence-corrected chi connectivity index (χ0v) is 9.24. The Balaban J connectivity index is 2.04. The van der Waals surface area contributed by atoms with E-state index in [2.05, 4.69) is 20.5 Å². The van der Waals surface area contributed by atoms with E-state index < -0.39 is 4.92 Å². The number of anilines is 1. The number of aryl methyl sites for hydroxylation is 1. The third-order valence-electron chi connectivity index (χ3n) is 1.90. The Morgan fingerprint density at radius 3 is 3.12 bits per heavy atom. The van der Waals surface area contributed by atoms with Gasteiger partial charge in [0.15, 0.2) is 5.69 Å². The molecule has 0 aromatic carbocycles. The van der Waals surface area contributed by atoms with E-state index in [-0.39, 0.29) is 5.82 Å². The second-order valence-electron chi connectivity index (χ2n) is 3.13. The van der Waals surface area contributed by atoms with Gasteiger partial charge in [0.2, 0.25) is 0 Å². The summed E-state index contributed by atoms with van der Waals surface area (Å²) in [6.07, 6.45) is 1.39. The molecule has 2 N–H and O–H groups in total. The summed E-state index contributed by atoms with van der Waals surface area (Å²) in [7, 11) is 0. The minimum atomic E-state index is -0.511. The van der Waals surface area contributed by atoms with E-state index in [1.807, 2.05) is 12.3 Å². The lowest BCUT2D eigenvalue weighted by molar-refractivity contribution is -0.388. The molecule has 2 rings (SSSR count). The molecule has 16 heavy (non-hydrogen) atoms. The van der Waals surface area contributed by atoms with Gasteiger partial charge in [0, 0.05) is 11.1 Å². The van der Waals surface area contributed by atoms with Crippen LogP contribution in [-0.4, -0.2) is 20.1 Å². The molecular formula is C8H9N5O2S. The molecule has 2 aromatic rings. The molecule has 0 spiro atoms. The molecule has 0 bridgehead atoms. The minimum Gasteiger partial charge on any atom is -0.370 e. The van der Waals surface area contributed by atoms with Gasteiger partial charge in [0.25, 0.3) is 0 Å². The number of nitrogens with one attached hydrogen (secondary N) is 2. The Hall–Kier alpha value is -1.96. The van der Waals surface area contributed by atoms with Gasteiger partial charge in [0.1, 0.15) is 11.2 Å². The Morgan fingerprint density at radius 1 is 1.69 bits per heavy atom. The van der Waals surface area contributed by atoms with Gasteiger partial charge < -0.3 is 15.4 Å². The molecule has 2 aromatic heterocycles. The minimum absolute atomic E-state index is 0.131. The molecule has 0 atom stereocenters. The number of hydrogen-bond donors (Lipinski definition) is 2. The maximum atomic E-state index is 10.6. The van der Waals surface area contributed by atoms with E-state index in [4.69, 9.17) is 0 Å². The van der Waals surface area contributed by atoms with Crippen molar-refractivity contribution < 1.29 is 4.92 Å². The molecule has 0 fully saturated rings. The van der Waals surface area contributed by atoms with Gasteiger partial charge in [-0.05, 0) is 11.8 Å². The van der Waals surface area contributed by atoms with Crippen LogP contribution in [0.3, 0.4) is 0 Å². The summed E-state index contributed by atoms with van der Waals surface area (Å²) in [6.45, 7) is 2.36. The van der Waals surface area contributed by atoms with Crippen LogP contribution in [0.2, 0.25) is 0 Å². The van der Waals surface area contributed by atoms with Crippen LogP contribution in [0.1, 0.15) is 10.7 Å². The number of nitrogens with zero attached hydrogens (tertiary/aromatic N) is 3. The predicted octanol–water partition coefficient (Wildman–Crippen LogP) is 1.69. The standard InChI is InChI=1S/C8H9N5O2S/c1-5-4-16-7(11-5)3-9-6-2-10-12-8(6)13(14)15/h2,4,9H,3H2,1H3,(H,10,12). The molecule has 0 aliphatic rings. The Kier molecular flexibility index (Phi) is 2.82. The van der Waals surface area contributed by atoms with Gasteiger partial charge in [-0.1, -0.05) is 5.10 Å². The van der Waals surface area contributed by atoms with Crippen molar-refractivity contribution in [1.29, 1.82) is 0 Å². The van der Waals surface area contributed by atoms with Crippen molar-refractivity contribution in [3.05, 3.63) is 32.4 Å². The summed E-state index contributed by atoms with van der Waals surface area (Å²) in [4.78, 5) is 14.3. The fourth-order valence-corrected chi connectivity index (χ4v) is 1.91. The normalized spacial score (nSPS) is 10.3. The van der Waals surface area contributed by atoms with E-state index >= 15 is 0 Å². The fourth-order valence-electron chi connectivity index (χ4n) is 1.20. The number of H-pyrrole nitrogens is 1. The summed E-state index contributed by atoms with van der Waals surface area (Å²) in [5.74, 6) is -0.131. The average Bonchev–Trinajstić information content (AvgIpc) is 2.83. The van der Waals surface area contributed by atoms with Crippen LogP contribution in [-0.2, 0) is 6.54 Å². The number of aromatic nitrogens is 3. The van der Waals surface area contributed by atoms with Crippen LogP contribution in [0.4, 0.5) is 11.5 Å². The predicted molar refractivity (Wildman–Crippen MR) is 59.4 cm³/mol.